The molecule has 0 spiro atoms. The number of imidazole rings is 1. The summed E-state index contributed by atoms with van der Waals surface area (Å²) >= 11 is 0. The second-order valence-corrected chi connectivity index (χ2v) is 5.78. The van der Waals surface area contributed by atoms with E-state index in [9.17, 15) is 9.59 Å². The highest BCUT2D eigenvalue weighted by molar-refractivity contribution is 6.47. The molecule has 0 saturated carbocycles. The summed E-state index contributed by atoms with van der Waals surface area (Å²) in [5.74, 6) is -0.847. The molecule has 0 saturated heterocycles. The highest BCUT2D eigenvalue weighted by Crippen LogP contribution is 2.33. The fourth-order valence-electron chi connectivity index (χ4n) is 3.28. The number of rotatable bonds is 2. The van der Waals surface area contributed by atoms with Crippen molar-refractivity contribution in [3.63, 3.8) is 0 Å². The summed E-state index contributed by atoms with van der Waals surface area (Å²) in [4.78, 5) is 32.5. The Hall–Kier alpha value is -3.76. The molecule has 0 fully saturated rings. The highest BCUT2D eigenvalue weighted by atomic mass is 16.2. The lowest BCUT2D eigenvalue weighted by atomic mass is 10.0. The number of carbonyl (C=O) groups excluding carboxylic acids is 2. The molecule has 0 bridgehead atoms. The highest BCUT2D eigenvalue weighted by Gasteiger charge is 2.36. The van der Waals surface area contributed by atoms with E-state index in [1.54, 1.807) is 29.2 Å². The van der Waals surface area contributed by atoms with Gasteiger partial charge in [-0.2, -0.15) is 0 Å². The van der Waals surface area contributed by atoms with E-state index in [0.29, 0.717) is 11.1 Å². The van der Waals surface area contributed by atoms with Crippen molar-refractivity contribution in [2.45, 2.75) is 0 Å². The number of amides is 2. The van der Waals surface area contributed by atoms with E-state index in [1.165, 1.54) is 0 Å². The SMILES string of the molecule is O=C1NC(=O)C(n2cnc3c2C=[C+]C=C3)=C1c1c[nH]c2ccccc12. The quantitative estimate of drug-likeness (QED) is 0.559. The lowest BCUT2D eigenvalue weighted by molar-refractivity contribution is -0.122. The maximum atomic E-state index is 12.5. The van der Waals surface area contributed by atoms with Gasteiger partial charge in [0.25, 0.3) is 11.8 Å². The van der Waals surface area contributed by atoms with Crippen LogP contribution in [-0.2, 0) is 9.59 Å². The molecular weight excluding hydrogens is 316 g/mol. The lowest BCUT2D eigenvalue weighted by Gasteiger charge is -2.04. The minimum absolute atomic E-state index is 0.275. The van der Waals surface area contributed by atoms with Crippen LogP contribution in [0.25, 0.3) is 34.3 Å². The topological polar surface area (TPSA) is 79.8 Å². The van der Waals surface area contributed by atoms with Gasteiger partial charge in [0.15, 0.2) is 5.69 Å². The van der Waals surface area contributed by atoms with Crippen molar-refractivity contribution in [1.29, 1.82) is 0 Å². The molecule has 118 valence electrons. The first-order valence-electron chi connectivity index (χ1n) is 7.74. The minimum atomic E-state index is -0.437. The van der Waals surface area contributed by atoms with Crippen LogP contribution in [-0.4, -0.2) is 26.3 Å². The molecule has 2 aromatic heterocycles. The lowest BCUT2D eigenvalue weighted by Crippen LogP contribution is -2.23. The molecule has 1 aliphatic heterocycles. The molecule has 3 heterocycles. The average molecular weight is 327 g/mol. The number of allylic oxidation sites excluding steroid dienone is 2. The summed E-state index contributed by atoms with van der Waals surface area (Å²) in [5.41, 5.74) is 3.66. The number of hydrogen-bond donors (Lipinski definition) is 2. The summed E-state index contributed by atoms with van der Waals surface area (Å²) in [5, 5.41) is 3.28. The number of nitrogens with zero attached hydrogens (tertiary/aromatic N) is 2. The van der Waals surface area contributed by atoms with Crippen LogP contribution < -0.4 is 5.32 Å². The zero-order chi connectivity index (χ0) is 17.0. The predicted molar refractivity (Wildman–Crippen MR) is 93.5 cm³/mol. The number of nitrogens with one attached hydrogen (secondary N) is 2. The molecule has 6 heteroatoms. The molecule has 2 amide bonds. The van der Waals surface area contributed by atoms with Gasteiger partial charge in [-0.3, -0.25) is 14.9 Å². The zero-order valence-corrected chi connectivity index (χ0v) is 12.9. The standard InChI is InChI=1S/C19H10N4O2/c24-18-16(12-9-20-13-6-2-1-5-11(12)13)17(19(25)22-18)23-10-21-14-7-3-4-8-15(14)23/h1-3,5-10H,(H-,20,22,24,25)/p+1. The van der Waals surface area contributed by atoms with Crippen LogP contribution in [0.3, 0.4) is 0 Å². The number of aromatic amines is 1. The van der Waals surface area contributed by atoms with E-state index in [2.05, 4.69) is 21.4 Å². The van der Waals surface area contributed by atoms with Gasteiger partial charge >= 0.3 is 0 Å². The monoisotopic (exact) mass is 327 g/mol. The number of hydrogen-bond acceptors (Lipinski definition) is 3. The van der Waals surface area contributed by atoms with Gasteiger partial charge in [0, 0.05) is 28.7 Å². The van der Waals surface area contributed by atoms with Gasteiger partial charge in [-0.05, 0) is 6.07 Å². The second kappa shape index (κ2) is 4.87. The van der Waals surface area contributed by atoms with Crippen LogP contribution in [0, 0.1) is 6.08 Å². The first-order chi connectivity index (χ1) is 12.2. The van der Waals surface area contributed by atoms with E-state index >= 15 is 0 Å². The van der Waals surface area contributed by atoms with Gasteiger partial charge in [-0.25, -0.2) is 9.55 Å². The van der Waals surface area contributed by atoms with Gasteiger partial charge in [-0.1, -0.05) is 18.2 Å². The zero-order valence-electron chi connectivity index (χ0n) is 12.9. The maximum absolute atomic E-state index is 12.5. The first kappa shape index (κ1) is 13.7. The summed E-state index contributed by atoms with van der Waals surface area (Å²) < 4.78 is 1.64. The van der Waals surface area contributed by atoms with E-state index in [0.717, 1.165) is 22.3 Å². The van der Waals surface area contributed by atoms with E-state index in [4.69, 9.17) is 0 Å². The van der Waals surface area contributed by atoms with Crippen molar-refractivity contribution in [1.82, 2.24) is 19.9 Å². The number of para-hydroxylation sites is 1. The van der Waals surface area contributed by atoms with Crippen LogP contribution in [0.15, 0.2) is 42.9 Å². The van der Waals surface area contributed by atoms with Crippen molar-refractivity contribution in [2.24, 2.45) is 0 Å². The third-order valence-electron chi connectivity index (χ3n) is 4.40. The number of carbonyl (C=O) groups is 2. The van der Waals surface area contributed by atoms with Crippen LogP contribution in [0.2, 0.25) is 0 Å². The number of fused-ring (bicyclic) bond motifs is 2. The fraction of sp³-hybridized carbons (Fsp3) is 0. The normalized spacial score (nSPS) is 15.7. The van der Waals surface area contributed by atoms with Crippen LogP contribution in [0.1, 0.15) is 17.0 Å². The summed E-state index contributed by atoms with van der Waals surface area (Å²) in [6.07, 6.45) is 11.6. The molecule has 1 aliphatic carbocycles. The molecule has 2 aliphatic rings. The minimum Gasteiger partial charge on any atom is -0.361 e. The Morgan fingerprint density at radius 3 is 2.92 bits per heavy atom. The molecule has 5 rings (SSSR count). The predicted octanol–water partition coefficient (Wildman–Crippen LogP) is 2.23. The van der Waals surface area contributed by atoms with Crippen LogP contribution in [0.4, 0.5) is 0 Å². The summed E-state index contributed by atoms with van der Waals surface area (Å²) in [7, 11) is 0. The van der Waals surface area contributed by atoms with Gasteiger partial charge in [0.2, 0.25) is 5.69 Å². The van der Waals surface area contributed by atoms with Crippen LogP contribution in [0.5, 0.6) is 0 Å². The van der Waals surface area contributed by atoms with Crippen molar-refractivity contribution < 1.29 is 9.59 Å². The smallest absolute Gasteiger partial charge is 0.277 e. The van der Waals surface area contributed by atoms with Crippen molar-refractivity contribution in [3.8, 4) is 0 Å². The molecule has 25 heavy (non-hydrogen) atoms. The van der Waals surface area contributed by atoms with Crippen molar-refractivity contribution in [3.05, 3.63) is 65.9 Å². The van der Waals surface area contributed by atoms with Crippen molar-refractivity contribution in [2.75, 3.05) is 0 Å². The Balaban J connectivity index is 1.82. The third kappa shape index (κ3) is 1.86. The number of H-pyrrole nitrogens is 1. The van der Waals surface area contributed by atoms with E-state index < -0.39 is 11.8 Å². The van der Waals surface area contributed by atoms with E-state index in [-0.39, 0.29) is 5.70 Å². The third-order valence-corrected chi connectivity index (χ3v) is 4.40. The second-order valence-electron chi connectivity index (χ2n) is 5.78. The Bertz CT molecular complexity index is 1160. The molecular formula is C19H11N4O2+. The largest absolute Gasteiger partial charge is 0.361 e. The Morgan fingerprint density at radius 1 is 1.12 bits per heavy atom. The van der Waals surface area contributed by atoms with E-state index in [1.807, 2.05) is 30.3 Å². The molecule has 2 N–H and O–H groups in total. The van der Waals surface area contributed by atoms with Gasteiger partial charge in [-0.15, -0.1) is 0 Å². The van der Waals surface area contributed by atoms with Crippen molar-refractivity contribution >= 4 is 46.1 Å². The Morgan fingerprint density at radius 2 is 2.00 bits per heavy atom. The van der Waals surface area contributed by atoms with Crippen LogP contribution >= 0.6 is 0 Å². The fourth-order valence-corrected chi connectivity index (χ4v) is 3.28. The number of imide groups is 1. The number of benzene rings is 1. The Kier molecular flexibility index (Phi) is 2.66. The summed E-state index contributed by atoms with van der Waals surface area (Å²) in [6.45, 7) is 0. The molecule has 0 radical (unpaired) electrons. The molecule has 6 nitrogen and oxygen atoms in total. The van der Waals surface area contributed by atoms with Gasteiger partial charge in [0.1, 0.15) is 24.2 Å². The van der Waals surface area contributed by atoms with Gasteiger partial charge < -0.3 is 4.98 Å². The van der Waals surface area contributed by atoms with Gasteiger partial charge in [0.05, 0.1) is 11.6 Å². The summed E-state index contributed by atoms with van der Waals surface area (Å²) in [6, 6.07) is 7.66. The molecule has 1 aromatic carbocycles. The first-order valence-corrected chi connectivity index (χ1v) is 7.74. The average Bonchev–Trinajstić information content (AvgIpc) is 3.30. The molecule has 0 unspecified atom stereocenters. The number of aromatic nitrogens is 3. The Labute approximate surface area is 142 Å². The molecule has 3 aromatic rings. The molecule has 0 atom stereocenters. The maximum Gasteiger partial charge on any atom is 0.277 e.